The quantitative estimate of drug-likeness (QED) is 0.0135. The lowest BCUT2D eigenvalue weighted by Crippen LogP contribution is -2.35. The molecule has 0 saturated heterocycles. The second kappa shape index (κ2) is 43.3. The molecule has 0 saturated carbocycles. The third-order valence-corrected chi connectivity index (χ3v) is 20.2. The highest BCUT2D eigenvalue weighted by molar-refractivity contribution is 8.76. The van der Waals surface area contributed by atoms with Crippen molar-refractivity contribution in [3.05, 3.63) is 89.6 Å². The summed E-state index contributed by atoms with van der Waals surface area (Å²) in [6, 6.07) is -5.40. The van der Waals surface area contributed by atoms with Crippen LogP contribution in [0.5, 0.6) is 0 Å². The van der Waals surface area contributed by atoms with E-state index in [4.69, 9.17) is 22.0 Å². The predicted octanol–water partition coefficient (Wildman–Crippen LogP) is 8.37. The first kappa shape index (κ1) is 89.5. The molecule has 6 rings (SSSR count). The first-order chi connectivity index (χ1) is 53.0. The van der Waals surface area contributed by atoms with Crippen LogP contribution in [0.4, 0.5) is 0 Å². The number of hydrogen-bond acceptors (Lipinski definition) is 21. The van der Waals surface area contributed by atoms with Crippen molar-refractivity contribution in [2.75, 3.05) is 24.6 Å². The van der Waals surface area contributed by atoms with Crippen molar-refractivity contribution in [3.8, 4) is 0 Å². The van der Waals surface area contributed by atoms with Gasteiger partial charge in [0.15, 0.2) is 23.8 Å². The van der Waals surface area contributed by atoms with Gasteiger partial charge in [0.05, 0.1) is 18.9 Å². The van der Waals surface area contributed by atoms with Gasteiger partial charge < -0.3 is 108 Å². The van der Waals surface area contributed by atoms with Crippen molar-refractivity contribution in [2.45, 2.75) is 197 Å². The molecule has 610 valence electrons. The maximum atomic E-state index is 12.7. The smallest absolute Gasteiger partial charge is 0.306 e. The Hall–Kier alpha value is -11.4. The summed E-state index contributed by atoms with van der Waals surface area (Å²) in [6.45, 7) is 9.56. The van der Waals surface area contributed by atoms with E-state index >= 15 is 0 Å². The number of rotatable bonds is 24. The number of carboxylic acid groups (broad SMARTS) is 1. The number of aromatic amines is 2. The monoisotopic (exact) mass is 1600 g/mol. The number of aliphatic imine (C=N–C) groups is 13. The van der Waals surface area contributed by atoms with Gasteiger partial charge in [-0.15, -0.1) is 0 Å². The largest absolute Gasteiger partial charge is 0.497 e. The molecule has 2 aliphatic rings. The normalized spacial score (nSPS) is 24.5. The van der Waals surface area contributed by atoms with Crippen LogP contribution in [0.25, 0.3) is 10.9 Å². The molecule has 0 radical (unpaired) electrons. The van der Waals surface area contributed by atoms with Gasteiger partial charge in [0.1, 0.15) is 73.0 Å². The van der Waals surface area contributed by atoms with E-state index in [9.17, 15) is 91.6 Å². The molecule has 39 nitrogen and oxygen atoms in total. The van der Waals surface area contributed by atoms with Gasteiger partial charge in [-0.25, -0.2) is 69.9 Å². The number of H-pyrrole nitrogens is 2. The maximum absolute atomic E-state index is 12.7. The summed E-state index contributed by atoms with van der Waals surface area (Å²) in [6.07, 6.45) is 0.844. The van der Waals surface area contributed by atoms with E-state index in [1.807, 2.05) is 6.07 Å². The molecule has 15 atom stereocenters. The highest BCUT2D eigenvalue weighted by atomic mass is 33.1. The number of benzene rings is 2. The number of para-hydroxylation sites is 1. The van der Waals surface area contributed by atoms with E-state index in [1.165, 1.54) is 33.3 Å². The molecular weight excluding hydrogens is 1500 g/mol. The van der Waals surface area contributed by atoms with Crippen LogP contribution < -0.4 is 11.1 Å². The van der Waals surface area contributed by atoms with E-state index in [2.05, 4.69) is 85.2 Å². The Balaban J connectivity index is 1.65. The van der Waals surface area contributed by atoms with Crippen LogP contribution in [0.3, 0.4) is 0 Å². The summed E-state index contributed by atoms with van der Waals surface area (Å²) >= 11 is 0. The molecule has 4 aromatic rings. The zero-order valence-electron chi connectivity index (χ0n) is 62.7. The lowest BCUT2D eigenvalue weighted by Gasteiger charge is -2.24. The number of aliphatic hydroxyl groups excluding tert-OH is 16. The average molecular weight is 1600 g/mol. The molecule has 112 heavy (non-hydrogen) atoms. The molecule has 0 fully saturated rings. The number of hydrogen-bond donors (Lipinski definition) is 24. The number of imidazole rings is 1. The topological polar surface area (TPSA) is 676 Å². The number of nitrogens with one attached hydrogen (secondary N) is 6. The molecule has 25 N–H and O–H groups in total. The molecule has 1 unspecified atom stereocenters. The van der Waals surface area contributed by atoms with Crippen molar-refractivity contribution in [2.24, 2.45) is 82.5 Å². The van der Waals surface area contributed by atoms with E-state index < -0.39 is 228 Å². The van der Waals surface area contributed by atoms with E-state index in [1.54, 1.807) is 76.4 Å². The maximum Gasteiger partial charge on any atom is 0.306 e. The van der Waals surface area contributed by atoms with Gasteiger partial charge in [-0.05, 0) is 80.5 Å². The zero-order chi connectivity index (χ0) is 82.6. The minimum atomic E-state index is -2.02. The van der Waals surface area contributed by atoms with Gasteiger partial charge in [-0.2, -0.15) is 0 Å². The number of aryl methyl sites for hydroxylation is 1. The van der Waals surface area contributed by atoms with Gasteiger partial charge in [0, 0.05) is 79.1 Å². The van der Waals surface area contributed by atoms with Crippen molar-refractivity contribution in [1.82, 2.24) is 20.3 Å². The fraction of sp³-hybridized carbons (Fsp3) is 0.521. The Kier molecular flexibility index (Phi) is 34.6. The van der Waals surface area contributed by atoms with Crippen LogP contribution in [0, 0.1) is 28.1 Å². The molecule has 0 amide bonds. The Bertz CT molecular complexity index is 4280. The molecule has 2 aromatic heterocycles. The standard InChI is InChI=1S/C71H101N21O18S2/c1-8-34(4)56(82-37(7)94)69(109)89-51-31-112-111-30-50(67(107)91-57(36(6)93)59(73)99)88-62(102)45(18-13-23-77-71(74)75)83-64(104)48(25-40-28-76-32-80-40)85-60(100)35(5)81-53(96)29-79-61(101)47(24-39-27-78-44-17-12-11-16-42(39)44)86-65(105)49(26-54(97)98)87-63(103)46(21-22-52(72)95)84-70(110)58(43-20-19-38-14-9-10-15-41(38)43)92-68(108)55(33(2)3)90-66(51)106/h9-12,14-17,27-28,32-36,43,45-51,55-58,78,93H,8,13,18-26,29-31H2,1-7H3,(H2,72,95)(H2,73,99)(H,76,80)(H,79,101)(H,81,96)(H,82,94)(H,83,104)(H,84,110)(H,85,100)(H,86,105)(H,87,103)(H,88,102)(H,89,109)(H,90,106)(H,91,107)(H,92,108)(H,97,98)(H4,74,75,77)/t34-,35-,36+,43?,45-,46-,47-,48+,49+,50-,51-,55-,56-,57-,58-/m0/s1. The Morgan fingerprint density at radius 1 is 0.688 bits per heavy atom. The minimum Gasteiger partial charge on any atom is -0.497 e. The fourth-order valence-electron chi connectivity index (χ4n) is 11.7. The molecular formula is C71H101N21O18S2. The molecule has 1 aliphatic carbocycles. The first-order valence-corrected chi connectivity index (χ1v) is 38.3. The van der Waals surface area contributed by atoms with Crippen molar-refractivity contribution >= 4 is 133 Å². The lowest BCUT2D eigenvalue weighted by molar-refractivity contribution is -0.137. The third-order valence-electron chi connectivity index (χ3n) is 17.8. The summed E-state index contributed by atoms with van der Waals surface area (Å²) in [5, 5.41) is 222. The summed E-state index contributed by atoms with van der Waals surface area (Å²) < 4.78 is 0. The second-order valence-corrected chi connectivity index (χ2v) is 29.5. The SMILES string of the molecule is CC[C@H](C)[C@H](N=C(C)O)C(O)=N[C@H]1CSSC[C@@H](C(O)=N[C@H](C(=N)O)[C@@H](C)O)N=C(O)[C@H](CCCNC(=N)N)N=C(O)[C@@H](Cc2cnc[nH]2)N=C(O)[C@H](C)N=C(O)CN=C(O)[C@H](Cc2c[nH]c3ccccc23)N=C(O)[C@@H](CC(=O)O)N=C(O)[C@H](CCC(=N)O)N=C(O)[C@H](C2CCc3ccccc32)N=C(O)[C@H](C(C)C)N=C1O. The number of aromatic nitrogens is 3. The minimum absolute atomic E-state index is 0.00242. The number of aliphatic carboxylic acids is 1. The van der Waals surface area contributed by atoms with Crippen molar-refractivity contribution in [1.29, 1.82) is 16.2 Å². The van der Waals surface area contributed by atoms with Crippen LogP contribution >= 0.6 is 21.6 Å². The molecule has 0 spiro atoms. The molecule has 0 bridgehead atoms. The number of nitrogens with zero attached hydrogens (tertiary/aromatic N) is 14. The van der Waals surface area contributed by atoms with Crippen molar-refractivity contribution in [3.63, 3.8) is 0 Å². The summed E-state index contributed by atoms with van der Waals surface area (Å²) in [4.78, 5) is 78.5. The van der Waals surface area contributed by atoms with Crippen LogP contribution in [-0.2, 0) is 24.1 Å². The van der Waals surface area contributed by atoms with Gasteiger partial charge in [0.2, 0.25) is 76.7 Å². The van der Waals surface area contributed by atoms with Crippen LogP contribution in [-0.4, -0.2) is 305 Å². The van der Waals surface area contributed by atoms with Crippen LogP contribution in [0.2, 0.25) is 0 Å². The van der Waals surface area contributed by atoms with E-state index in [-0.39, 0.29) is 44.4 Å². The summed E-state index contributed by atoms with van der Waals surface area (Å²) in [5.41, 5.74) is 8.47. The third kappa shape index (κ3) is 27.3. The number of nitrogens with two attached hydrogens (primary N) is 1. The van der Waals surface area contributed by atoms with E-state index in [0.717, 1.165) is 27.2 Å². The first-order valence-electron chi connectivity index (χ1n) is 35.8. The Labute approximate surface area is 651 Å². The van der Waals surface area contributed by atoms with Gasteiger partial charge >= 0.3 is 5.97 Å². The van der Waals surface area contributed by atoms with Crippen molar-refractivity contribution < 1.29 is 91.6 Å². The number of carboxylic acids is 1. The average Bonchev–Trinajstić information content (AvgIpc) is 1.62. The van der Waals surface area contributed by atoms with Crippen LogP contribution in [0.15, 0.2) is 132 Å². The highest BCUT2D eigenvalue weighted by Gasteiger charge is 2.38. The predicted molar refractivity (Wildman–Crippen MR) is 437 cm³/mol. The van der Waals surface area contributed by atoms with Gasteiger partial charge in [-0.3, -0.25) is 21.0 Å². The molecule has 2 aromatic carbocycles. The Morgan fingerprint density at radius 3 is 1.96 bits per heavy atom. The molecule has 41 heteroatoms. The number of guanidine groups is 1. The number of fused-ring (bicyclic) bond motifs is 2. The van der Waals surface area contributed by atoms with Crippen LogP contribution in [0.1, 0.15) is 122 Å². The van der Waals surface area contributed by atoms with E-state index in [0.29, 0.717) is 40.6 Å². The lowest BCUT2D eigenvalue weighted by atomic mass is 9.92. The molecule has 1 aliphatic heterocycles. The second-order valence-electron chi connectivity index (χ2n) is 26.9. The number of aliphatic hydroxyl groups is 16. The highest BCUT2D eigenvalue weighted by Crippen LogP contribution is 2.38. The zero-order valence-corrected chi connectivity index (χ0v) is 64.3. The molecule has 3 heterocycles. The summed E-state index contributed by atoms with van der Waals surface area (Å²) in [7, 11) is 1.77. The van der Waals surface area contributed by atoms with Gasteiger partial charge in [0.25, 0.3) is 0 Å². The summed E-state index contributed by atoms with van der Waals surface area (Å²) in [5.74, 6) is -18.1. The Morgan fingerprint density at radius 2 is 1.31 bits per heavy atom. The fourth-order valence-corrected chi connectivity index (χ4v) is 14.0. The number of carbonyl (C=O) groups is 1. The van der Waals surface area contributed by atoms with Gasteiger partial charge in [-0.1, -0.05) is 98.2 Å².